The molecule has 0 radical (unpaired) electrons. The maximum atomic E-state index is 12.8. The lowest BCUT2D eigenvalue weighted by molar-refractivity contribution is -0.135. The highest BCUT2D eigenvalue weighted by Crippen LogP contribution is 2.32. The highest BCUT2D eigenvalue weighted by molar-refractivity contribution is 6.09. The molecule has 1 aliphatic heterocycles. The van der Waals surface area contributed by atoms with Crippen LogP contribution in [0.5, 0.6) is 5.75 Å². The zero-order valence-electron chi connectivity index (χ0n) is 17.4. The van der Waals surface area contributed by atoms with E-state index in [-0.39, 0.29) is 12.5 Å². The average Bonchev–Trinajstić information content (AvgIpc) is 2.87. The van der Waals surface area contributed by atoms with Crippen molar-refractivity contribution in [3.05, 3.63) is 23.8 Å². The van der Waals surface area contributed by atoms with Crippen molar-refractivity contribution in [3.8, 4) is 5.75 Å². The van der Waals surface area contributed by atoms with Gasteiger partial charge in [-0.2, -0.15) is 0 Å². The molecule has 5 amide bonds. The van der Waals surface area contributed by atoms with Crippen LogP contribution in [0, 0.1) is 6.92 Å². The molecule has 0 bridgehead atoms. The van der Waals surface area contributed by atoms with Crippen LogP contribution in [0.1, 0.15) is 44.1 Å². The molecule has 162 valence electrons. The summed E-state index contributed by atoms with van der Waals surface area (Å²) in [5.74, 6) is -0.855. The molecule has 30 heavy (non-hydrogen) atoms. The van der Waals surface area contributed by atoms with E-state index in [2.05, 4.69) is 16.0 Å². The molecule has 2 fully saturated rings. The topological polar surface area (TPSA) is 117 Å². The van der Waals surface area contributed by atoms with E-state index in [1.54, 1.807) is 12.1 Å². The molecule has 1 heterocycles. The summed E-state index contributed by atoms with van der Waals surface area (Å²) in [6, 6.07) is 4.81. The molecule has 0 atom stereocenters. The lowest BCUT2D eigenvalue weighted by atomic mass is 9.90. The summed E-state index contributed by atoms with van der Waals surface area (Å²) < 4.78 is 5.21. The summed E-state index contributed by atoms with van der Waals surface area (Å²) >= 11 is 0. The lowest BCUT2D eigenvalue weighted by Crippen LogP contribution is -2.47. The fraction of sp³-hybridized carbons (Fsp3) is 0.524. The van der Waals surface area contributed by atoms with Crippen molar-refractivity contribution in [2.75, 3.05) is 25.5 Å². The maximum absolute atomic E-state index is 12.8. The molecular formula is C21H28N4O5. The van der Waals surface area contributed by atoms with Gasteiger partial charge in [-0.15, -0.1) is 0 Å². The number of aryl methyl sites for hydroxylation is 1. The molecule has 0 aromatic heterocycles. The first-order valence-electron chi connectivity index (χ1n) is 10.2. The van der Waals surface area contributed by atoms with Gasteiger partial charge in [0.15, 0.2) is 0 Å². The largest absolute Gasteiger partial charge is 0.495 e. The van der Waals surface area contributed by atoms with Crippen LogP contribution in [0.15, 0.2) is 18.2 Å². The van der Waals surface area contributed by atoms with Crippen LogP contribution in [-0.2, 0) is 14.4 Å². The number of nitrogens with zero attached hydrogens (tertiary/aromatic N) is 1. The second-order valence-corrected chi connectivity index (χ2v) is 7.85. The van der Waals surface area contributed by atoms with Gasteiger partial charge in [0, 0.05) is 0 Å². The van der Waals surface area contributed by atoms with E-state index in [0.717, 1.165) is 36.1 Å². The normalized spacial score (nSPS) is 18.0. The minimum absolute atomic E-state index is 0.287. The van der Waals surface area contributed by atoms with E-state index in [1.165, 1.54) is 7.11 Å². The van der Waals surface area contributed by atoms with Crippen molar-refractivity contribution in [1.29, 1.82) is 0 Å². The van der Waals surface area contributed by atoms with Gasteiger partial charge >= 0.3 is 6.03 Å². The van der Waals surface area contributed by atoms with Gasteiger partial charge in [-0.25, -0.2) is 4.79 Å². The molecule has 3 N–H and O–H groups in total. The number of hydrogen-bond acceptors (Lipinski definition) is 5. The molecule has 9 heteroatoms. The quantitative estimate of drug-likeness (QED) is 0.611. The van der Waals surface area contributed by atoms with Gasteiger partial charge in [0.1, 0.15) is 17.8 Å². The van der Waals surface area contributed by atoms with Crippen LogP contribution in [0.25, 0.3) is 0 Å². The molecule has 1 spiro atoms. The second kappa shape index (κ2) is 9.15. The van der Waals surface area contributed by atoms with Crippen LogP contribution in [0.3, 0.4) is 0 Å². The second-order valence-electron chi connectivity index (χ2n) is 7.85. The van der Waals surface area contributed by atoms with Crippen LogP contribution in [0.2, 0.25) is 0 Å². The van der Waals surface area contributed by atoms with Gasteiger partial charge < -0.3 is 20.7 Å². The van der Waals surface area contributed by atoms with Gasteiger partial charge in [0.25, 0.3) is 5.91 Å². The van der Waals surface area contributed by atoms with E-state index >= 15 is 0 Å². The minimum atomic E-state index is -0.882. The predicted molar refractivity (Wildman–Crippen MR) is 110 cm³/mol. The Hall–Kier alpha value is -3.10. The van der Waals surface area contributed by atoms with Crippen molar-refractivity contribution < 1.29 is 23.9 Å². The summed E-state index contributed by atoms with van der Waals surface area (Å²) in [6.07, 6.45) is 4.99. The number of anilines is 1. The Labute approximate surface area is 175 Å². The molecule has 1 aromatic rings. The van der Waals surface area contributed by atoms with E-state index in [0.29, 0.717) is 24.3 Å². The summed E-state index contributed by atoms with van der Waals surface area (Å²) in [5, 5.41) is 7.94. The third kappa shape index (κ3) is 4.72. The van der Waals surface area contributed by atoms with Crippen LogP contribution in [0.4, 0.5) is 10.5 Å². The Bertz CT molecular complexity index is 846. The molecule has 1 aromatic carbocycles. The third-order valence-corrected chi connectivity index (χ3v) is 5.58. The molecule has 9 nitrogen and oxygen atoms in total. The lowest BCUT2D eigenvalue weighted by Gasteiger charge is -2.24. The highest BCUT2D eigenvalue weighted by Gasteiger charge is 2.51. The molecule has 1 saturated heterocycles. The van der Waals surface area contributed by atoms with E-state index in [9.17, 15) is 19.2 Å². The Kier molecular flexibility index (Phi) is 6.59. The first-order valence-corrected chi connectivity index (χ1v) is 10.2. The van der Waals surface area contributed by atoms with Crippen LogP contribution in [-0.4, -0.2) is 54.4 Å². The van der Waals surface area contributed by atoms with Gasteiger partial charge in [0.05, 0.1) is 19.3 Å². The Balaban J connectivity index is 1.53. The molecule has 3 rings (SSSR count). The Morgan fingerprint density at radius 2 is 1.83 bits per heavy atom. The molecule has 1 aliphatic carbocycles. The van der Waals surface area contributed by atoms with Crippen molar-refractivity contribution in [2.45, 2.75) is 51.0 Å². The summed E-state index contributed by atoms with van der Waals surface area (Å²) in [7, 11) is 1.50. The molecule has 0 unspecified atom stereocenters. The summed E-state index contributed by atoms with van der Waals surface area (Å²) in [6.45, 7) is 1.19. The van der Waals surface area contributed by atoms with Gasteiger partial charge in [-0.05, 0) is 37.5 Å². The van der Waals surface area contributed by atoms with Gasteiger partial charge in [-0.1, -0.05) is 31.7 Å². The Morgan fingerprint density at radius 1 is 1.13 bits per heavy atom. The monoisotopic (exact) mass is 416 g/mol. The van der Waals surface area contributed by atoms with Gasteiger partial charge in [0.2, 0.25) is 11.8 Å². The SMILES string of the molecule is COc1ccc(C)cc1NC(=O)CNC(=O)CN1C(=O)NC2(CCCCCC2)C1=O. The fourth-order valence-corrected chi connectivity index (χ4v) is 3.98. The number of hydrogen-bond donors (Lipinski definition) is 3. The number of carbonyl (C=O) groups excluding carboxylic acids is 4. The van der Waals surface area contributed by atoms with Crippen molar-refractivity contribution in [3.63, 3.8) is 0 Å². The first-order chi connectivity index (χ1) is 14.3. The number of nitrogens with one attached hydrogen (secondary N) is 3. The number of imide groups is 1. The standard InChI is InChI=1S/C21H28N4O5/c1-14-7-8-16(30-2)15(11-14)23-17(26)12-22-18(27)13-25-19(28)21(24-20(25)29)9-5-3-4-6-10-21/h7-8,11H,3-6,9-10,12-13H2,1-2H3,(H,22,27)(H,23,26)(H,24,29). The minimum Gasteiger partial charge on any atom is -0.495 e. The molecular weight excluding hydrogens is 388 g/mol. The first kappa shape index (κ1) is 21.6. The van der Waals surface area contributed by atoms with E-state index < -0.39 is 29.9 Å². The number of methoxy groups -OCH3 is 1. The third-order valence-electron chi connectivity index (χ3n) is 5.58. The maximum Gasteiger partial charge on any atom is 0.325 e. The number of ether oxygens (including phenoxy) is 1. The highest BCUT2D eigenvalue weighted by atomic mass is 16.5. The smallest absolute Gasteiger partial charge is 0.325 e. The number of amides is 5. The summed E-state index contributed by atoms with van der Waals surface area (Å²) in [4.78, 5) is 50.6. The Morgan fingerprint density at radius 3 is 2.50 bits per heavy atom. The van der Waals surface area contributed by atoms with E-state index in [1.807, 2.05) is 13.0 Å². The fourth-order valence-electron chi connectivity index (χ4n) is 3.98. The van der Waals surface area contributed by atoms with Crippen molar-refractivity contribution in [2.24, 2.45) is 0 Å². The van der Waals surface area contributed by atoms with Gasteiger partial charge in [-0.3, -0.25) is 19.3 Å². The van der Waals surface area contributed by atoms with Crippen LogP contribution >= 0.6 is 0 Å². The predicted octanol–water partition coefficient (Wildman–Crippen LogP) is 1.70. The average molecular weight is 416 g/mol. The van der Waals surface area contributed by atoms with Crippen molar-refractivity contribution >= 4 is 29.4 Å². The number of benzene rings is 1. The zero-order chi connectivity index (χ0) is 21.7. The zero-order valence-corrected chi connectivity index (χ0v) is 17.4. The van der Waals surface area contributed by atoms with Crippen LogP contribution < -0.4 is 20.7 Å². The van der Waals surface area contributed by atoms with E-state index in [4.69, 9.17) is 4.74 Å². The number of rotatable bonds is 6. The number of urea groups is 1. The molecule has 1 saturated carbocycles. The molecule has 2 aliphatic rings. The number of carbonyl (C=O) groups is 4. The van der Waals surface area contributed by atoms with Crippen molar-refractivity contribution in [1.82, 2.24) is 15.5 Å². The summed E-state index contributed by atoms with van der Waals surface area (Å²) in [5.41, 5.74) is 0.565.